The summed E-state index contributed by atoms with van der Waals surface area (Å²) in [5, 5.41) is 12.4. The Labute approximate surface area is 116 Å². The lowest BCUT2D eigenvalue weighted by Crippen LogP contribution is -2.04. The number of rotatable bonds is 3. The van der Waals surface area contributed by atoms with E-state index in [1.54, 1.807) is 0 Å². The van der Waals surface area contributed by atoms with Gasteiger partial charge in [0.1, 0.15) is 0 Å². The van der Waals surface area contributed by atoms with Gasteiger partial charge < -0.3 is 9.63 Å². The summed E-state index contributed by atoms with van der Waals surface area (Å²) < 4.78 is 42.9. The molecule has 2 atom stereocenters. The Hall–Kier alpha value is -2.38. The lowest BCUT2D eigenvalue weighted by molar-refractivity contribution is -0.139. The normalized spacial score (nSPS) is 21.3. The van der Waals surface area contributed by atoms with Crippen LogP contribution in [0.5, 0.6) is 0 Å². The summed E-state index contributed by atoms with van der Waals surface area (Å²) in [4.78, 5) is 14.8. The summed E-state index contributed by atoms with van der Waals surface area (Å²) in [6.45, 7) is 0. The minimum Gasteiger partial charge on any atom is -0.481 e. The van der Waals surface area contributed by atoms with Gasteiger partial charge >= 0.3 is 12.1 Å². The number of nitrogens with zero attached hydrogens (tertiary/aromatic N) is 2. The Bertz CT molecular complexity index is 696. The van der Waals surface area contributed by atoms with E-state index in [-0.39, 0.29) is 23.2 Å². The number of alkyl halides is 3. The van der Waals surface area contributed by atoms with Crippen LogP contribution in [0.2, 0.25) is 0 Å². The van der Waals surface area contributed by atoms with Crippen molar-refractivity contribution in [1.82, 2.24) is 10.1 Å². The van der Waals surface area contributed by atoms with Crippen LogP contribution < -0.4 is 0 Å². The van der Waals surface area contributed by atoms with E-state index < -0.39 is 23.6 Å². The number of hydrogen-bond acceptors (Lipinski definition) is 4. The fourth-order valence-corrected chi connectivity index (χ4v) is 2.08. The third kappa shape index (κ3) is 2.61. The van der Waals surface area contributed by atoms with Crippen molar-refractivity contribution in [3.63, 3.8) is 0 Å². The Morgan fingerprint density at radius 3 is 2.76 bits per heavy atom. The topological polar surface area (TPSA) is 76.2 Å². The molecule has 1 saturated carbocycles. The van der Waals surface area contributed by atoms with Crippen LogP contribution >= 0.6 is 0 Å². The number of aliphatic carboxylic acids is 1. The minimum atomic E-state index is -4.45. The molecule has 0 saturated heterocycles. The molecule has 5 nitrogen and oxygen atoms in total. The van der Waals surface area contributed by atoms with E-state index in [4.69, 9.17) is 9.63 Å². The molecule has 2 aromatic rings. The average molecular weight is 298 g/mol. The van der Waals surface area contributed by atoms with E-state index in [1.807, 2.05) is 0 Å². The largest absolute Gasteiger partial charge is 0.481 e. The maximum Gasteiger partial charge on any atom is 0.416 e. The van der Waals surface area contributed by atoms with Crippen LogP contribution in [0.15, 0.2) is 28.8 Å². The van der Waals surface area contributed by atoms with E-state index in [0.29, 0.717) is 6.42 Å². The smallest absolute Gasteiger partial charge is 0.416 e. The molecule has 0 bridgehead atoms. The zero-order valence-corrected chi connectivity index (χ0v) is 10.5. The summed E-state index contributed by atoms with van der Waals surface area (Å²) in [7, 11) is 0. The standard InChI is InChI=1S/C13H9F3N2O3/c14-13(15,16)7-3-1-2-6(4-7)10-17-11(21-18-10)8-5-9(8)12(19)20/h1-4,8-9H,5H2,(H,19,20). The van der Waals surface area contributed by atoms with E-state index in [0.717, 1.165) is 12.1 Å². The first-order valence-electron chi connectivity index (χ1n) is 6.10. The third-order valence-corrected chi connectivity index (χ3v) is 3.31. The first-order chi connectivity index (χ1) is 9.86. The number of benzene rings is 1. The van der Waals surface area contributed by atoms with Crippen LogP contribution in [0.4, 0.5) is 13.2 Å². The first kappa shape index (κ1) is 13.6. The van der Waals surface area contributed by atoms with E-state index >= 15 is 0 Å². The third-order valence-electron chi connectivity index (χ3n) is 3.31. The van der Waals surface area contributed by atoms with Crippen molar-refractivity contribution in [3.8, 4) is 11.4 Å². The highest BCUT2D eigenvalue weighted by Gasteiger charge is 2.48. The molecule has 110 valence electrons. The van der Waals surface area contributed by atoms with Gasteiger partial charge in [-0.3, -0.25) is 4.79 Å². The molecule has 0 aliphatic heterocycles. The number of carboxylic acids is 1. The van der Waals surface area contributed by atoms with Gasteiger partial charge in [-0.1, -0.05) is 17.3 Å². The predicted octanol–water partition coefficient (Wildman–Crippen LogP) is 2.94. The predicted molar refractivity (Wildman–Crippen MR) is 63.2 cm³/mol. The average Bonchev–Trinajstić information content (AvgIpc) is 3.08. The summed E-state index contributed by atoms with van der Waals surface area (Å²) in [6.07, 6.45) is -4.05. The van der Waals surface area contributed by atoms with Gasteiger partial charge in [0.2, 0.25) is 11.7 Å². The quantitative estimate of drug-likeness (QED) is 0.942. The van der Waals surface area contributed by atoms with Crippen molar-refractivity contribution < 1.29 is 27.6 Å². The molecular weight excluding hydrogens is 289 g/mol. The molecule has 1 aliphatic rings. The number of hydrogen-bond donors (Lipinski definition) is 1. The van der Waals surface area contributed by atoms with Crippen LogP contribution in [0.1, 0.15) is 23.8 Å². The molecule has 1 aromatic heterocycles. The van der Waals surface area contributed by atoms with Crippen molar-refractivity contribution in [2.75, 3.05) is 0 Å². The second-order valence-electron chi connectivity index (χ2n) is 4.82. The molecule has 0 amide bonds. The van der Waals surface area contributed by atoms with Crippen LogP contribution in [0.3, 0.4) is 0 Å². The number of halogens is 3. The van der Waals surface area contributed by atoms with Gasteiger partial charge in [0, 0.05) is 5.56 Å². The number of carbonyl (C=O) groups is 1. The van der Waals surface area contributed by atoms with Crippen LogP contribution in [0, 0.1) is 5.92 Å². The minimum absolute atomic E-state index is 0.0205. The van der Waals surface area contributed by atoms with Gasteiger partial charge in [-0.05, 0) is 18.6 Å². The van der Waals surface area contributed by atoms with Gasteiger partial charge in [0.25, 0.3) is 0 Å². The van der Waals surface area contributed by atoms with Gasteiger partial charge in [-0.25, -0.2) is 0 Å². The molecule has 2 unspecified atom stereocenters. The Morgan fingerprint density at radius 2 is 2.14 bits per heavy atom. The second kappa shape index (κ2) is 4.57. The number of aromatic nitrogens is 2. The molecule has 21 heavy (non-hydrogen) atoms. The molecule has 1 aromatic carbocycles. The van der Waals surface area contributed by atoms with Crippen LogP contribution in [-0.4, -0.2) is 21.2 Å². The maximum atomic E-state index is 12.6. The van der Waals surface area contributed by atoms with Crippen molar-refractivity contribution in [2.24, 2.45) is 5.92 Å². The summed E-state index contributed by atoms with van der Waals surface area (Å²) >= 11 is 0. The highest BCUT2D eigenvalue weighted by Crippen LogP contribution is 2.47. The molecule has 1 N–H and O–H groups in total. The molecule has 8 heteroatoms. The van der Waals surface area contributed by atoms with E-state index in [2.05, 4.69) is 10.1 Å². The summed E-state index contributed by atoms with van der Waals surface area (Å²) in [6, 6.07) is 4.57. The van der Waals surface area contributed by atoms with Crippen molar-refractivity contribution in [2.45, 2.75) is 18.5 Å². The van der Waals surface area contributed by atoms with Crippen molar-refractivity contribution in [3.05, 3.63) is 35.7 Å². The highest BCUT2D eigenvalue weighted by atomic mass is 19.4. The fourth-order valence-electron chi connectivity index (χ4n) is 2.08. The Morgan fingerprint density at radius 1 is 1.38 bits per heavy atom. The Balaban J connectivity index is 1.86. The molecule has 3 rings (SSSR count). The van der Waals surface area contributed by atoms with Crippen molar-refractivity contribution in [1.29, 1.82) is 0 Å². The molecule has 1 fully saturated rings. The maximum absolute atomic E-state index is 12.6. The van der Waals surface area contributed by atoms with Gasteiger partial charge in [0.05, 0.1) is 17.4 Å². The molecule has 1 aliphatic carbocycles. The molecule has 0 radical (unpaired) electrons. The summed E-state index contributed by atoms with van der Waals surface area (Å²) in [5.74, 6) is -1.69. The zero-order chi connectivity index (χ0) is 15.2. The fraction of sp³-hybridized carbons (Fsp3) is 0.308. The second-order valence-corrected chi connectivity index (χ2v) is 4.82. The molecule has 0 spiro atoms. The summed E-state index contributed by atoms with van der Waals surface area (Å²) in [5.41, 5.74) is -0.631. The van der Waals surface area contributed by atoms with Gasteiger partial charge in [-0.15, -0.1) is 0 Å². The highest BCUT2D eigenvalue weighted by molar-refractivity contribution is 5.74. The SMILES string of the molecule is O=C(O)C1CC1c1nc(-c2cccc(C(F)(F)F)c2)no1. The zero-order valence-electron chi connectivity index (χ0n) is 10.5. The molecular formula is C13H9F3N2O3. The Kier molecular flexibility index (Phi) is 2.96. The molecule has 1 heterocycles. The monoisotopic (exact) mass is 298 g/mol. The van der Waals surface area contributed by atoms with E-state index in [1.165, 1.54) is 12.1 Å². The lowest BCUT2D eigenvalue weighted by Gasteiger charge is -2.06. The lowest BCUT2D eigenvalue weighted by atomic mass is 10.1. The first-order valence-corrected chi connectivity index (χ1v) is 6.10. The van der Waals surface area contributed by atoms with Crippen LogP contribution in [0.25, 0.3) is 11.4 Å². The van der Waals surface area contributed by atoms with Gasteiger partial charge in [0.15, 0.2) is 0 Å². The van der Waals surface area contributed by atoms with Crippen LogP contribution in [-0.2, 0) is 11.0 Å². The van der Waals surface area contributed by atoms with Gasteiger partial charge in [-0.2, -0.15) is 18.2 Å². The number of carboxylic acid groups (broad SMARTS) is 1. The van der Waals surface area contributed by atoms with Crippen molar-refractivity contribution >= 4 is 5.97 Å². The van der Waals surface area contributed by atoms with E-state index in [9.17, 15) is 18.0 Å².